The quantitative estimate of drug-likeness (QED) is 0.387. The fraction of sp³-hybridized carbons (Fsp3) is 0.423. The summed E-state index contributed by atoms with van der Waals surface area (Å²) in [6.07, 6.45) is 0.479. The van der Waals surface area contributed by atoms with E-state index in [0.717, 1.165) is 11.1 Å². The fourth-order valence-corrected chi connectivity index (χ4v) is 3.17. The number of carbonyl (C=O) groups excluding carboxylic acids is 3. The molecule has 2 aromatic rings. The third-order valence-corrected chi connectivity index (χ3v) is 5.03. The van der Waals surface area contributed by atoms with E-state index >= 15 is 0 Å². The summed E-state index contributed by atoms with van der Waals surface area (Å²) >= 11 is 0. The van der Waals surface area contributed by atoms with Crippen LogP contribution in [0.3, 0.4) is 0 Å². The summed E-state index contributed by atoms with van der Waals surface area (Å²) in [7, 11) is 0. The Bertz CT molecular complexity index is 905. The molecule has 0 unspecified atom stereocenters. The lowest BCUT2D eigenvalue weighted by molar-refractivity contribution is -0.149. The Balaban J connectivity index is 1.95. The van der Waals surface area contributed by atoms with Crippen molar-refractivity contribution in [3.8, 4) is 0 Å². The monoisotopic (exact) mass is 469 g/mol. The second kappa shape index (κ2) is 14.1. The van der Waals surface area contributed by atoms with Gasteiger partial charge in [-0.1, -0.05) is 74.5 Å². The van der Waals surface area contributed by atoms with Gasteiger partial charge in [0.15, 0.2) is 0 Å². The molecule has 0 bridgehead atoms. The minimum Gasteiger partial charge on any atom is -0.459 e. The second-order valence-electron chi connectivity index (χ2n) is 8.62. The molecule has 184 valence electrons. The number of amides is 2. The van der Waals surface area contributed by atoms with E-state index in [1.54, 1.807) is 0 Å². The van der Waals surface area contributed by atoms with Crippen LogP contribution in [0.5, 0.6) is 0 Å². The van der Waals surface area contributed by atoms with Crippen LogP contribution in [0, 0.1) is 5.92 Å². The second-order valence-corrected chi connectivity index (χ2v) is 8.62. The Morgan fingerprint density at radius 1 is 0.824 bits per heavy atom. The van der Waals surface area contributed by atoms with Crippen molar-refractivity contribution < 1.29 is 23.9 Å². The molecule has 0 aliphatic carbocycles. The summed E-state index contributed by atoms with van der Waals surface area (Å²) in [6, 6.07) is 16.0. The summed E-state index contributed by atoms with van der Waals surface area (Å²) in [4.78, 5) is 37.8. The van der Waals surface area contributed by atoms with Gasteiger partial charge in [0, 0.05) is 0 Å². The summed E-state index contributed by atoms with van der Waals surface area (Å²) in [5.74, 6) is -1.36. The molecule has 0 spiro atoms. The summed E-state index contributed by atoms with van der Waals surface area (Å²) in [5.41, 5.74) is 7.75. The smallest absolute Gasteiger partial charge is 0.328 e. The molecular weight excluding hydrogens is 434 g/mol. The highest BCUT2D eigenvalue weighted by Gasteiger charge is 2.27. The standard InChI is InChI=1S/C26H35N3O5/c1-18(2)14-22(27)24(30)29-23(17-33-15-20-10-6-4-7-11-20)25(31)28-19(3)26(32)34-16-21-12-8-5-9-13-21/h4-13,18-19,22-23H,14-17,27H2,1-3H3,(H,28,31)(H,29,30)/t19-,22-,23-/m0/s1. The van der Waals surface area contributed by atoms with Crippen LogP contribution < -0.4 is 16.4 Å². The molecule has 2 amide bonds. The van der Waals surface area contributed by atoms with Gasteiger partial charge in [-0.05, 0) is 30.4 Å². The highest BCUT2D eigenvalue weighted by molar-refractivity contribution is 5.92. The number of esters is 1. The average Bonchev–Trinajstić information content (AvgIpc) is 2.82. The molecule has 0 aliphatic heterocycles. The van der Waals surface area contributed by atoms with Crippen molar-refractivity contribution in [2.24, 2.45) is 11.7 Å². The molecule has 0 fully saturated rings. The van der Waals surface area contributed by atoms with Crippen LogP contribution in [0.1, 0.15) is 38.3 Å². The van der Waals surface area contributed by atoms with Gasteiger partial charge in [0.25, 0.3) is 0 Å². The number of benzene rings is 2. The van der Waals surface area contributed by atoms with E-state index in [4.69, 9.17) is 15.2 Å². The predicted octanol–water partition coefficient (Wildman–Crippen LogP) is 2.31. The van der Waals surface area contributed by atoms with Crippen LogP contribution in [0.15, 0.2) is 60.7 Å². The first kappa shape index (κ1) is 27.0. The van der Waals surface area contributed by atoms with Gasteiger partial charge in [-0.15, -0.1) is 0 Å². The zero-order chi connectivity index (χ0) is 24.9. The van der Waals surface area contributed by atoms with Crippen LogP contribution in [-0.2, 0) is 37.1 Å². The third-order valence-electron chi connectivity index (χ3n) is 5.03. The van der Waals surface area contributed by atoms with Gasteiger partial charge in [0.05, 0.1) is 19.3 Å². The normalized spacial score (nSPS) is 13.6. The Labute approximate surface area is 201 Å². The van der Waals surface area contributed by atoms with Gasteiger partial charge in [-0.25, -0.2) is 4.79 Å². The SMILES string of the molecule is CC(C)C[C@H](N)C(=O)N[C@@H](COCc1ccccc1)C(=O)N[C@@H](C)C(=O)OCc1ccccc1. The molecule has 2 aromatic carbocycles. The fourth-order valence-electron chi connectivity index (χ4n) is 3.17. The van der Waals surface area contributed by atoms with Crippen molar-refractivity contribution in [2.75, 3.05) is 6.61 Å². The molecule has 0 aliphatic rings. The highest BCUT2D eigenvalue weighted by atomic mass is 16.5. The Kier molecular flexibility index (Phi) is 11.2. The van der Waals surface area contributed by atoms with Crippen LogP contribution in [0.4, 0.5) is 0 Å². The molecule has 0 saturated heterocycles. The summed E-state index contributed by atoms with van der Waals surface area (Å²) in [6.45, 7) is 5.75. The third kappa shape index (κ3) is 9.72. The number of carbonyl (C=O) groups is 3. The molecule has 0 saturated carbocycles. The van der Waals surface area contributed by atoms with E-state index in [1.807, 2.05) is 74.5 Å². The zero-order valence-corrected chi connectivity index (χ0v) is 20.0. The molecule has 0 radical (unpaired) electrons. The lowest BCUT2D eigenvalue weighted by atomic mass is 10.0. The van der Waals surface area contributed by atoms with Gasteiger partial charge < -0.3 is 25.8 Å². The van der Waals surface area contributed by atoms with Gasteiger partial charge >= 0.3 is 5.97 Å². The first-order valence-corrected chi connectivity index (χ1v) is 11.4. The maximum absolute atomic E-state index is 12.9. The Hall–Kier alpha value is -3.23. The lowest BCUT2D eigenvalue weighted by Gasteiger charge is -2.23. The maximum Gasteiger partial charge on any atom is 0.328 e. The van der Waals surface area contributed by atoms with Crippen molar-refractivity contribution in [3.05, 3.63) is 71.8 Å². The van der Waals surface area contributed by atoms with Gasteiger partial charge in [0.2, 0.25) is 11.8 Å². The first-order chi connectivity index (χ1) is 16.3. The summed E-state index contributed by atoms with van der Waals surface area (Å²) < 4.78 is 11.0. The van der Waals surface area contributed by atoms with Crippen LogP contribution in [-0.4, -0.2) is 42.5 Å². The number of rotatable bonds is 13. The molecule has 8 heteroatoms. The zero-order valence-electron chi connectivity index (χ0n) is 20.0. The largest absolute Gasteiger partial charge is 0.459 e. The van der Waals surface area contributed by atoms with E-state index in [-0.39, 0.29) is 25.7 Å². The summed E-state index contributed by atoms with van der Waals surface area (Å²) in [5, 5.41) is 5.26. The average molecular weight is 470 g/mol. The number of ether oxygens (including phenoxy) is 2. The highest BCUT2D eigenvalue weighted by Crippen LogP contribution is 2.06. The lowest BCUT2D eigenvalue weighted by Crippen LogP contribution is -2.55. The van der Waals surface area contributed by atoms with Crippen molar-refractivity contribution in [3.63, 3.8) is 0 Å². The van der Waals surface area contributed by atoms with E-state index in [9.17, 15) is 14.4 Å². The minimum absolute atomic E-state index is 0.0767. The molecule has 34 heavy (non-hydrogen) atoms. The predicted molar refractivity (Wildman–Crippen MR) is 129 cm³/mol. The molecular formula is C26H35N3O5. The van der Waals surface area contributed by atoms with Crippen LogP contribution >= 0.6 is 0 Å². The van der Waals surface area contributed by atoms with Crippen molar-refractivity contribution in [1.29, 1.82) is 0 Å². The van der Waals surface area contributed by atoms with Crippen molar-refractivity contribution >= 4 is 17.8 Å². The van der Waals surface area contributed by atoms with E-state index < -0.39 is 35.9 Å². The Morgan fingerprint density at radius 2 is 1.38 bits per heavy atom. The van der Waals surface area contributed by atoms with Crippen molar-refractivity contribution in [1.82, 2.24) is 10.6 Å². The van der Waals surface area contributed by atoms with E-state index in [1.165, 1.54) is 6.92 Å². The van der Waals surface area contributed by atoms with Crippen LogP contribution in [0.25, 0.3) is 0 Å². The minimum atomic E-state index is -1.02. The number of nitrogens with one attached hydrogen (secondary N) is 2. The number of hydrogen-bond donors (Lipinski definition) is 3. The molecule has 0 heterocycles. The number of hydrogen-bond acceptors (Lipinski definition) is 6. The van der Waals surface area contributed by atoms with E-state index in [0.29, 0.717) is 6.42 Å². The Morgan fingerprint density at radius 3 is 1.94 bits per heavy atom. The molecule has 3 atom stereocenters. The molecule has 2 rings (SSSR count). The van der Waals surface area contributed by atoms with Crippen LogP contribution in [0.2, 0.25) is 0 Å². The molecule has 4 N–H and O–H groups in total. The number of nitrogens with two attached hydrogens (primary N) is 1. The molecule has 8 nitrogen and oxygen atoms in total. The first-order valence-electron chi connectivity index (χ1n) is 11.4. The van der Waals surface area contributed by atoms with Gasteiger partial charge in [-0.3, -0.25) is 9.59 Å². The van der Waals surface area contributed by atoms with E-state index in [2.05, 4.69) is 10.6 Å². The van der Waals surface area contributed by atoms with Crippen molar-refractivity contribution in [2.45, 2.75) is 58.5 Å². The van der Waals surface area contributed by atoms with Gasteiger partial charge in [0.1, 0.15) is 18.7 Å². The maximum atomic E-state index is 12.9. The topological polar surface area (TPSA) is 120 Å². The van der Waals surface area contributed by atoms with Gasteiger partial charge in [-0.2, -0.15) is 0 Å². The molecule has 0 aromatic heterocycles.